The van der Waals surface area contributed by atoms with E-state index in [2.05, 4.69) is 10.4 Å². The molecule has 3 aromatic rings. The molecular formula is C20H17ClF3N3. The van der Waals surface area contributed by atoms with Crippen LogP contribution in [0.5, 0.6) is 0 Å². The molecule has 1 aliphatic heterocycles. The number of fused-ring (bicyclic) bond motifs is 1. The molecule has 140 valence electrons. The van der Waals surface area contributed by atoms with Gasteiger partial charge in [-0.05, 0) is 43.5 Å². The van der Waals surface area contributed by atoms with Gasteiger partial charge >= 0.3 is 6.18 Å². The van der Waals surface area contributed by atoms with Gasteiger partial charge in [0.2, 0.25) is 0 Å². The first-order valence-corrected chi connectivity index (χ1v) is 9.11. The lowest BCUT2D eigenvalue weighted by atomic mass is 10.0. The molecular weight excluding hydrogens is 375 g/mol. The second-order valence-electron chi connectivity index (χ2n) is 6.50. The molecule has 4 rings (SSSR count). The minimum Gasteiger partial charge on any atom is -0.370 e. The van der Waals surface area contributed by atoms with Gasteiger partial charge in [-0.15, -0.1) is 0 Å². The van der Waals surface area contributed by atoms with Crippen molar-refractivity contribution < 1.29 is 13.2 Å². The number of halogens is 4. The Balaban J connectivity index is 1.96. The SMILES string of the molecule is FC(F)(F)c1ccccc1-n1nc(-c2cccc(Cl)c2)c2c1NCCCC2. The zero-order valence-electron chi connectivity index (χ0n) is 14.4. The molecule has 0 amide bonds. The maximum Gasteiger partial charge on any atom is 0.418 e. The van der Waals surface area contributed by atoms with Crippen LogP contribution in [0.3, 0.4) is 0 Å². The van der Waals surface area contributed by atoms with Crippen LogP contribution in [-0.2, 0) is 12.6 Å². The van der Waals surface area contributed by atoms with E-state index in [4.69, 9.17) is 11.6 Å². The molecule has 2 heterocycles. The topological polar surface area (TPSA) is 29.9 Å². The van der Waals surface area contributed by atoms with Crippen molar-refractivity contribution in [3.05, 3.63) is 64.7 Å². The number of anilines is 1. The Morgan fingerprint density at radius 1 is 1.04 bits per heavy atom. The fourth-order valence-corrected chi connectivity index (χ4v) is 3.63. The average Bonchev–Trinajstić information content (AvgIpc) is 2.82. The van der Waals surface area contributed by atoms with E-state index in [9.17, 15) is 13.2 Å². The van der Waals surface area contributed by atoms with E-state index >= 15 is 0 Å². The molecule has 0 radical (unpaired) electrons. The fourth-order valence-electron chi connectivity index (χ4n) is 3.44. The number of para-hydroxylation sites is 1. The summed E-state index contributed by atoms with van der Waals surface area (Å²) >= 11 is 6.12. The second kappa shape index (κ2) is 6.93. The molecule has 3 nitrogen and oxygen atoms in total. The highest BCUT2D eigenvalue weighted by molar-refractivity contribution is 6.30. The van der Waals surface area contributed by atoms with E-state index in [-0.39, 0.29) is 5.69 Å². The van der Waals surface area contributed by atoms with E-state index in [1.165, 1.54) is 16.8 Å². The number of hydrogen-bond donors (Lipinski definition) is 1. The van der Waals surface area contributed by atoms with Gasteiger partial charge in [0.05, 0.1) is 16.9 Å². The highest BCUT2D eigenvalue weighted by atomic mass is 35.5. The van der Waals surface area contributed by atoms with Crippen LogP contribution in [0.25, 0.3) is 16.9 Å². The molecule has 0 atom stereocenters. The summed E-state index contributed by atoms with van der Waals surface area (Å²) in [5.74, 6) is 0.624. The lowest BCUT2D eigenvalue weighted by molar-refractivity contribution is -0.137. The van der Waals surface area contributed by atoms with Crippen LogP contribution in [0, 0.1) is 0 Å². The third kappa shape index (κ3) is 3.41. The summed E-state index contributed by atoms with van der Waals surface area (Å²) in [6.07, 6.45) is -1.82. The monoisotopic (exact) mass is 391 g/mol. The predicted octanol–water partition coefficient (Wildman–Crippen LogP) is 5.96. The van der Waals surface area contributed by atoms with Gasteiger partial charge in [0, 0.05) is 22.7 Å². The van der Waals surface area contributed by atoms with Gasteiger partial charge in [0.15, 0.2) is 0 Å². The predicted molar refractivity (Wildman–Crippen MR) is 100 cm³/mol. The number of nitrogens with zero attached hydrogens (tertiary/aromatic N) is 2. The number of rotatable bonds is 2. The molecule has 7 heteroatoms. The van der Waals surface area contributed by atoms with E-state index < -0.39 is 11.7 Å². The first-order chi connectivity index (χ1) is 12.9. The lowest BCUT2D eigenvalue weighted by Gasteiger charge is -2.15. The molecule has 0 aliphatic carbocycles. The first-order valence-electron chi connectivity index (χ1n) is 8.73. The van der Waals surface area contributed by atoms with Crippen molar-refractivity contribution in [2.75, 3.05) is 11.9 Å². The Kier molecular flexibility index (Phi) is 4.60. The van der Waals surface area contributed by atoms with E-state index in [1.54, 1.807) is 18.2 Å². The number of hydrogen-bond acceptors (Lipinski definition) is 2. The van der Waals surface area contributed by atoms with Crippen molar-refractivity contribution in [1.82, 2.24) is 9.78 Å². The minimum absolute atomic E-state index is 0.0175. The van der Waals surface area contributed by atoms with Crippen molar-refractivity contribution in [3.8, 4) is 16.9 Å². The average molecular weight is 392 g/mol. The molecule has 0 saturated carbocycles. The van der Waals surface area contributed by atoms with Crippen molar-refractivity contribution in [2.45, 2.75) is 25.4 Å². The Morgan fingerprint density at radius 3 is 2.63 bits per heavy atom. The molecule has 0 spiro atoms. The van der Waals surface area contributed by atoms with Crippen LogP contribution in [0.15, 0.2) is 48.5 Å². The van der Waals surface area contributed by atoms with Crippen molar-refractivity contribution in [2.24, 2.45) is 0 Å². The summed E-state index contributed by atoms with van der Waals surface area (Å²) in [5.41, 5.74) is 1.69. The molecule has 2 aromatic carbocycles. The summed E-state index contributed by atoms with van der Waals surface area (Å²) in [6.45, 7) is 0.696. The Morgan fingerprint density at radius 2 is 1.85 bits per heavy atom. The normalized spacial score (nSPS) is 14.4. The number of alkyl halides is 3. The zero-order valence-corrected chi connectivity index (χ0v) is 15.1. The maximum absolute atomic E-state index is 13.6. The van der Waals surface area contributed by atoms with Crippen molar-refractivity contribution in [3.63, 3.8) is 0 Å². The standard InChI is InChI=1S/C20H17ClF3N3/c21-14-7-5-6-13(12-14)18-15-8-3-4-11-25-19(15)27(26-18)17-10-2-1-9-16(17)20(22,23)24/h1-2,5-7,9-10,12,25H,3-4,8,11H2. The van der Waals surface area contributed by atoms with Gasteiger partial charge in [-0.2, -0.15) is 18.3 Å². The number of benzene rings is 2. The highest BCUT2D eigenvalue weighted by Gasteiger charge is 2.35. The Hall–Kier alpha value is -2.47. The second-order valence-corrected chi connectivity index (χ2v) is 6.93. The van der Waals surface area contributed by atoms with Gasteiger partial charge in [-0.3, -0.25) is 0 Å². The molecule has 0 unspecified atom stereocenters. The van der Waals surface area contributed by atoms with Crippen molar-refractivity contribution >= 4 is 17.4 Å². The van der Waals surface area contributed by atoms with Crippen LogP contribution in [0.2, 0.25) is 5.02 Å². The third-order valence-electron chi connectivity index (χ3n) is 4.67. The molecule has 0 saturated heterocycles. The number of aromatic nitrogens is 2. The maximum atomic E-state index is 13.6. The first kappa shape index (κ1) is 17.9. The van der Waals surface area contributed by atoms with E-state index in [0.29, 0.717) is 23.1 Å². The summed E-state index contributed by atoms with van der Waals surface area (Å²) in [5, 5.41) is 8.42. The van der Waals surface area contributed by atoms with Gasteiger partial charge in [-0.1, -0.05) is 35.9 Å². The lowest BCUT2D eigenvalue weighted by Crippen LogP contribution is -2.14. The molecule has 1 aliphatic rings. The van der Waals surface area contributed by atoms with E-state index in [1.807, 2.05) is 12.1 Å². The van der Waals surface area contributed by atoms with Crippen LogP contribution >= 0.6 is 11.6 Å². The Labute approximate surface area is 159 Å². The summed E-state index contributed by atoms with van der Waals surface area (Å²) in [6, 6.07) is 12.8. The third-order valence-corrected chi connectivity index (χ3v) is 4.90. The van der Waals surface area contributed by atoms with E-state index in [0.717, 1.165) is 36.5 Å². The van der Waals surface area contributed by atoms with Gasteiger partial charge in [-0.25, -0.2) is 4.68 Å². The number of nitrogens with one attached hydrogen (secondary N) is 1. The smallest absolute Gasteiger partial charge is 0.370 e. The quantitative estimate of drug-likeness (QED) is 0.584. The fraction of sp³-hybridized carbons (Fsp3) is 0.250. The van der Waals surface area contributed by atoms with Crippen LogP contribution < -0.4 is 5.32 Å². The minimum atomic E-state index is -4.46. The van der Waals surface area contributed by atoms with Crippen LogP contribution in [0.4, 0.5) is 19.0 Å². The Bertz CT molecular complexity index is 979. The highest BCUT2D eigenvalue weighted by Crippen LogP contribution is 2.39. The van der Waals surface area contributed by atoms with Crippen LogP contribution in [-0.4, -0.2) is 16.3 Å². The van der Waals surface area contributed by atoms with Crippen molar-refractivity contribution in [1.29, 1.82) is 0 Å². The molecule has 27 heavy (non-hydrogen) atoms. The zero-order chi connectivity index (χ0) is 19.0. The van der Waals surface area contributed by atoms with Crippen LogP contribution in [0.1, 0.15) is 24.0 Å². The van der Waals surface area contributed by atoms with Gasteiger partial charge in [0.25, 0.3) is 0 Å². The molecule has 0 bridgehead atoms. The largest absolute Gasteiger partial charge is 0.418 e. The molecule has 0 fully saturated rings. The molecule has 1 N–H and O–H groups in total. The molecule has 1 aromatic heterocycles. The summed E-state index contributed by atoms with van der Waals surface area (Å²) in [4.78, 5) is 0. The van der Waals surface area contributed by atoms with Gasteiger partial charge in [0.1, 0.15) is 5.82 Å². The summed E-state index contributed by atoms with van der Waals surface area (Å²) in [7, 11) is 0. The summed E-state index contributed by atoms with van der Waals surface area (Å²) < 4.78 is 42.0. The van der Waals surface area contributed by atoms with Gasteiger partial charge < -0.3 is 5.32 Å².